The van der Waals surface area contributed by atoms with Gasteiger partial charge in [0.05, 0.1) is 12.7 Å². The van der Waals surface area contributed by atoms with Gasteiger partial charge in [0.25, 0.3) is 0 Å². The van der Waals surface area contributed by atoms with Crippen molar-refractivity contribution >= 4 is 0 Å². The first-order valence-corrected chi connectivity index (χ1v) is 6.63. The van der Waals surface area contributed by atoms with Crippen molar-refractivity contribution in [1.29, 1.82) is 0 Å². The molecule has 0 aliphatic rings. The lowest BCUT2D eigenvalue weighted by Crippen LogP contribution is -2.31. The SMILES string of the molecule is CCCCCCNCC(O)COCC(C)C. The molecule has 0 heterocycles. The van der Waals surface area contributed by atoms with Crippen molar-refractivity contribution in [1.82, 2.24) is 5.32 Å². The van der Waals surface area contributed by atoms with Gasteiger partial charge >= 0.3 is 0 Å². The molecule has 0 amide bonds. The summed E-state index contributed by atoms with van der Waals surface area (Å²) in [5, 5.41) is 12.8. The number of unbranched alkanes of at least 4 members (excludes halogenated alkanes) is 3. The predicted octanol–water partition coefficient (Wildman–Crippen LogP) is 2.19. The number of hydrogen-bond acceptors (Lipinski definition) is 3. The highest BCUT2D eigenvalue weighted by atomic mass is 16.5. The van der Waals surface area contributed by atoms with Crippen LogP contribution in [-0.4, -0.2) is 37.5 Å². The minimum Gasteiger partial charge on any atom is -0.389 e. The first-order valence-electron chi connectivity index (χ1n) is 6.63. The topological polar surface area (TPSA) is 41.5 Å². The highest BCUT2D eigenvalue weighted by molar-refractivity contribution is 4.58. The van der Waals surface area contributed by atoms with E-state index in [0.29, 0.717) is 19.1 Å². The van der Waals surface area contributed by atoms with Gasteiger partial charge in [0.1, 0.15) is 0 Å². The zero-order valence-corrected chi connectivity index (χ0v) is 11.2. The molecule has 1 unspecified atom stereocenters. The van der Waals surface area contributed by atoms with E-state index < -0.39 is 0 Å². The molecule has 2 N–H and O–H groups in total. The van der Waals surface area contributed by atoms with Gasteiger partial charge in [-0.3, -0.25) is 0 Å². The van der Waals surface area contributed by atoms with Crippen molar-refractivity contribution in [2.24, 2.45) is 5.92 Å². The molecule has 16 heavy (non-hydrogen) atoms. The van der Waals surface area contributed by atoms with Crippen LogP contribution < -0.4 is 5.32 Å². The van der Waals surface area contributed by atoms with Crippen LogP contribution in [0.5, 0.6) is 0 Å². The van der Waals surface area contributed by atoms with Gasteiger partial charge in [-0.2, -0.15) is 0 Å². The molecule has 98 valence electrons. The third kappa shape index (κ3) is 12.0. The summed E-state index contributed by atoms with van der Waals surface area (Å²) in [4.78, 5) is 0. The number of hydrogen-bond donors (Lipinski definition) is 2. The van der Waals surface area contributed by atoms with Crippen molar-refractivity contribution in [2.75, 3.05) is 26.3 Å². The zero-order chi connectivity index (χ0) is 12.2. The molecule has 0 radical (unpaired) electrons. The van der Waals surface area contributed by atoms with Crippen molar-refractivity contribution in [2.45, 2.75) is 52.6 Å². The van der Waals surface area contributed by atoms with E-state index in [1.807, 2.05) is 0 Å². The molecular weight excluding hydrogens is 202 g/mol. The highest BCUT2D eigenvalue weighted by Gasteiger charge is 2.03. The molecule has 0 saturated heterocycles. The quantitative estimate of drug-likeness (QED) is 0.536. The second-order valence-electron chi connectivity index (χ2n) is 4.85. The van der Waals surface area contributed by atoms with Gasteiger partial charge in [0, 0.05) is 13.2 Å². The van der Waals surface area contributed by atoms with E-state index in [9.17, 15) is 5.11 Å². The molecule has 0 aromatic rings. The summed E-state index contributed by atoms with van der Waals surface area (Å²) in [6.45, 7) is 9.25. The molecule has 0 fully saturated rings. The summed E-state index contributed by atoms with van der Waals surface area (Å²) in [5.74, 6) is 0.536. The Morgan fingerprint density at radius 1 is 1.12 bits per heavy atom. The van der Waals surface area contributed by atoms with Crippen LogP contribution in [0.25, 0.3) is 0 Å². The van der Waals surface area contributed by atoms with E-state index in [4.69, 9.17) is 4.74 Å². The molecule has 0 saturated carbocycles. The van der Waals surface area contributed by atoms with Crippen LogP contribution in [-0.2, 0) is 4.74 Å². The molecule has 3 nitrogen and oxygen atoms in total. The van der Waals surface area contributed by atoms with E-state index in [1.165, 1.54) is 25.7 Å². The maximum atomic E-state index is 9.58. The molecule has 0 aromatic carbocycles. The van der Waals surface area contributed by atoms with E-state index in [2.05, 4.69) is 26.1 Å². The maximum absolute atomic E-state index is 9.58. The number of ether oxygens (including phenoxy) is 1. The fourth-order valence-corrected chi connectivity index (χ4v) is 1.44. The Kier molecular flexibility index (Phi) is 11.3. The monoisotopic (exact) mass is 231 g/mol. The molecule has 3 heteroatoms. The van der Waals surface area contributed by atoms with E-state index >= 15 is 0 Å². The summed E-state index contributed by atoms with van der Waals surface area (Å²) in [5.41, 5.74) is 0. The Morgan fingerprint density at radius 3 is 2.50 bits per heavy atom. The number of aliphatic hydroxyl groups excluding tert-OH is 1. The Balaban J connectivity index is 3.14. The molecule has 0 aromatic heterocycles. The molecule has 0 aliphatic heterocycles. The van der Waals surface area contributed by atoms with Crippen LogP contribution in [0.3, 0.4) is 0 Å². The van der Waals surface area contributed by atoms with Crippen LogP contribution in [0.15, 0.2) is 0 Å². The summed E-state index contributed by atoms with van der Waals surface area (Å²) < 4.78 is 5.36. The van der Waals surface area contributed by atoms with Crippen molar-refractivity contribution in [3.63, 3.8) is 0 Å². The van der Waals surface area contributed by atoms with Gasteiger partial charge in [0.15, 0.2) is 0 Å². The van der Waals surface area contributed by atoms with E-state index in [1.54, 1.807) is 0 Å². The van der Waals surface area contributed by atoms with Gasteiger partial charge < -0.3 is 15.2 Å². The summed E-state index contributed by atoms with van der Waals surface area (Å²) in [7, 11) is 0. The average Bonchev–Trinajstić information content (AvgIpc) is 2.22. The van der Waals surface area contributed by atoms with Gasteiger partial charge in [0.2, 0.25) is 0 Å². The largest absolute Gasteiger partial charge is 0.389 e. The average molecular weight is 231 g/mol. The van der Waals surface area contributed by atoms with Gasteiger partial charge in [-0.1, -0.05) is 40.0 Å². The second kappa shape index (κ2) is 11.4. The lowest BCUT2D eigenvalue weighted by Gasteiger charge is -2.13. The lowest BCUT2D eigenvalue weighted by atomic mass is 10.2. The number of rotatable bonds is 11. The molecule has 0 rings (SSSR count). The molecule has 1 atom stereocenters. The Bertz CT molecular complexity index is 140. The summed E-state index contributed by atoms with van der Waals surface area (Å²) in [6, 6.07) is 0. The molecule has 0 bridgehead atoms. The van der Waals surface area contributed by atoms with Crippen LogP contribution in [0, 0.1) is 5.92 Å². The third-order valence-corrected chi connectivity index (χ3v) is 2.35. The highest BCUT2D eigenvalue weighted by Crippen LogP contribution is 1.97. The Hall–Kier alpha value is -0.120. The van der Waals surface area contributed by atoms with Gasteiger partial charge in [-0.25, -0.2) is 0 Å². The first kappa shape index (κ1) is 15.9. The zero-order valence-electron chi connectivity index (χ0n) is 11.2. The predicted molar refractivity (Wildman–Crippen MR) is 68.7 cm³/mol. The van der Waals surface area contributed by atoms with Crippen molar-refractivity contribution < 1.29 is 9.84 Å². The van der Waals surface area contributed by atoms with Crippen molar-refractivity contribution in [3.8, 4) is 0 Å². The minimum atomic E-state index is -0.370. The normalized spacial score (nSPS) is 13.3. The Morgan fingerprint density at radius 2 is 1.88 bits per heavy atom. The number of aliphatic hydroxyl groups is 1. The standard InChI is InChI=1S/C13H29NO2/c1-4-5-6-7-8-14-9-13(15)11-16-10-12(2)3/h12-15H,4-11H2,1-3H3. The summed E-state index contributed by atoms with van der Waals surface area (Å²) >= 11 is 0. The maximum Gasteiger partial charge on any atom is 0.0897 e. The molecular formula is C13H29NO2. The second-order valence-corrected chi connectivity index (χ2v) is 4.85. The van der Waals surface area contributed by atoms with E-state index in [0.717, 1.165) is 13.2 Å². The van der Waals surface area contributed by atoms with E-state index in [-0.39, 0.29) is 6.10 Å². The van der Waals surface area contributed by atoms with Gasteiger partial charge in [-0.05, 0) is 18.9 Å². The molecule has 0 aliphatic carbocycles. The minimum absolute atomic E-state index is 0.370. The van der Waals surface area contributed by atoms with Crippen LogP contribution in [0.1, 0.15) is 46.5 Å². The first-order chi connectivity index (χ1) is 7.66. The molecule has 0 spiro atoms. The van der Waals surface area contributed by atoms with Gasteiger partial charge in [-0.15, -0.1) is 0 Å². The fourth-order valence-electron chi connectivity index (χ4n) is 1.44. The van der Waals surface area contributed by atoms with Crippen LogP contribution >= 0.6 is 0 Å². The van der Waals surface area contributed by atoms with Crippen LogP contribution in [0.2, 0.25) is 0 Å². The lowest BCUT2D eigenvalue weighted by molar-refractivity contribution is 0.0262. The van der Waals surface area contributed by atoms with Crippen LogP contribution in [0.4, 0.5) is 0 Å². The summed E-state index contributed by atoms with van der Waals surface area (Å²) in [6.07, 6.45) is 4.69. The third-order valence-electron chi connectivity index (χ3n) is 2.35. The smallest absolute Gasteiger partial charge is 0.0897 e. The fraction of sp³-hybridized carbons (Fsp3) is 1.00. The Labute approximate surface area is 101 Å². The number of nitrogens with one attached hydrogen (secondary N) is 1. The van der Waals surface area contributed by atoms with Crippen molar-refractivity contribution in [3.05, 3.63) is 0 Å².